The fourth-order valence-electron chi connectivity index (χ4n) is 1.74. The molecule has 0 fully saturated rings. The van der Waals surface area contributed by atoms with Crippen molar-refractivity contribution < 1.29 is 0 Å². The number of aromatic nitrogens is 2. The van der Waals surface area contributed by atoms with E-state index in [0.29, 0.717) is 10.1 Å². The third kappa shape index (κ3) is 3.45. The van der Waals surface area contributed by atoms with Crippen LogP contribution in [0.4, 0.5) is 11.4 Å². The lowest BCUT2D eigenvalue weighted by atomic mass is 10.3. The predicted octanol–water partition coefficient (Wildman–Crippen LogP) is 3.67. The molecule has 4 nitrogen and oxygen atoms in total. The Labute approximate surface area is 122 Å². The zero-order valence-corrected chi connectivity index (χ0v) is 12.3. The van der Waals surface area contributed by atoms with E-state index < -0.39 is 0 Å². The first-order chi connectivity index (χ1) is 9.10. The maximum absolute atomic E-state index is 5.92. The summed E-state index contributed by atoms with van der Waals surface area (Å²) >= 11 is 11.2. The number of benzene rings is 1. The Hall–Kier alpha value is -1.59. The second kappa shape index (κ2) is 6.04. The van der Waals surface area contributed by atoms with Gasteiger partial charge in [-0.15, -0.1) is 0 Å². The van der Waals surface area contributed by atoms with Crippen molar-refractivity contribution >= 4 is 40.3 Å². The zero-order valence-electron chi connectivity index (χ0n) is 10.8. The van der Waals surface area contributed by atoms with E-state index in [1.807, 2.05) is 42.8 Å². The molecule has 6 heteroatoms. The second-order valence-corrected chi connectivity index (χ2v) is 4.89. The van der Waals surface area contributed by atoms with Crippen LogP contribution in [0.15, 0.2) is 30.5 Å². The summed E-state index contributed by atoms with van der Waals surface area (Å²) in [6.45, 7) is 4.88. The van der Waals surface area contributed by atoms with Crippen LogP contribution in [-0.2, 0) is 6.54 Å². The zero-order chi connectivity index (χ0) is 13.8. The van der Waals surface area contributed by atoms with E-state index >= 15 is 0 Å². The van der Waals surface area contributed by atoms with Gasteiger partial charge in [0.15, 0.2) is 5.11 Å². The molecular weight excluding hydrogens is 280 g/mol. The molecule has 2 N–H and O–H groups in total. The number of hydrogen-bond acceptors (Lipinski definition) is 2. The van der Waals surface area contributed by atoms with E-state index in [1.165, 1.54) is 0 Å². The normalized spacial score (nSPS) is 10.3. The van der Waals surface area contributed by atoms with Gasteiger partial charge in [0.2, 0.25) is 0 Å². The number of nitrogens with one attached hydrogen (secondary N) is 2. The standard InChI is InChI=1S/C13H15ClN4S/c1-3-18-9(2)12(8-15-18)17-13(19)16-11-6-4-5-10(14)7-11/h4-8H,3H2,1-2H3,(H2,16,17,19). The lowest BCUT2D eigenvalue weighted by molar-refractivity contribution is 0.640. The Morgan fingerprint density at radius 2 is 2.21 bits per heavy atom. The lowest BCUT2D eigenvalue weighted by Crippen LogP contribution is -2.19. The molecule has 1 aromatic carbocycles. The van der Waals surface area contributed by atoms with E-state index in [2.05, 4.69) is 15.7 Å². The first kappa shape index (κ1) is 13.8. The summed E-state index contributed by atoms with van der Waals surface area (Å²) in [5.41, 5.74) is 2.81. The van der Waals surface area contributed by atoms with Crippen molar-refractivity contribution in [1.82, 2.24) is 9.78 Å². The fraction of sp³-hybridized carbons (Fsp3) is 0.231. The Morgan fingerprint density at radius 3 is 2.84 bits per heavy atom. The molecule has 100 valence electrons. The van der Waals surface area contributed by atoms with Crippen molar-refractivity contribution in [3.05, 3.63) is 41.2 Å². The van der Waals surface area contributed by atoms with E-state index in [9.17, 15) is 0 Å². The highest BCUT2D eigenvalue weighted by molar-refractivity contribution is 7.80. The summed E-state index contributed by atoms with van der Waals surface area (Å²) in [5, 5.41) is 11.6. The third-order valence-corrected chi connectivity index (χ3v) is 3.17. The molecular formula is C13H15ClN4S. The predicted molar refractivity (Wildman–Crippen MR) is 83.9 cm³/mol. The number of rotatable bonds is 3. The smallest absolute Gasteiger partial charge is 0.175 e. The van der Waals surface area contributed by atoms with Crippen molar-refractivity contribution in [2.45, 2.75) is 20.4 Å². The number of nitrogens with zero attached hydrogens (tertiary/aromatic N) is 2. The lowest BCUT2D eigenvalue weighted by Gasteiger charge is -2.10. The van der Waals surface area contributed by atoms with Gasteiger partial charge in [0.25, 0.3) is 0 Å². The average Bonchev–Trinajstić information content (AvgIpc) is 2.70. The monoisotopic (exact) mass is 294 g/mol. The van der Waals surface area contributed by atoms with Crippen LogP contribution < -0.4 is 10.6 Å². The first-order valence-corrected chi connectivity index (χ1v) is 6.74. The molecule has 2 aromatic rings. The van der Waals surface area contributed by atoms with Crippen LogP contribution in [0.5, 0.6) is 0 Å². The van der Waals surface area contributed by atoms with Gasteiger partial charge in [0.05, 0.1) is 17.6 Å². The van der Waals surface area contributed by atoms with Gasteiger partial charge in [-0.1, -0.05) is 17.7 Å². The average molecular weight is 295 g/mol. The number of hydrogen-bond donors (Lipinski definition) is 2. The molecule has 19 heavy (non-hydrogen) atoms. The first-order valence-electron chi connectivity index (χ1n) is 5.96. The molecule has 1 aromatic heterocycles. The summed E-state index contributed by atoms with van der Waals surface area (Å²) < 4.78 is 1.91. The van der Waals surface area contributed by atoms with Gasteiger partial charge in [-0.05, 0) is 44.3 Å². The highest BCUT2D eigenvalue weighted by atomic mass is 35.5. The van der Waals surface area contributed by atoms with Gasteiger partial charge in [0.1, 0.15) is 0 Å². The van der Waals surface area contributed by atoms with Crippen LogP contribution >= 0.6 is 23.8 Å². The Bertz CT molecular complexity index is 594. The molecule has 0 aliphatic heterocycles. The summed E-state index contributed by atoms with van der Waals surface area (Å²) in [7, 11) is 0. The van der Waals surface area contributed by atoms with Crippen LogP contribution in [0, 0.1) is 6.92 Å². The van der Waals surface area contributed by atoms with Crippen molar-refractivity contribution in [3.63, 3.8) is 0 Å². The summed E-state index contributed by atoms with van der Waals surface area (Å²) in [6.07, 6.45) is 1.77. The van der Waals surface area contributed by atoms with Crippen LogP contribution in [0.1, 0.15) is 12.6 Å². The highest BCUT2D eigenvalue weighted by Gasteiger charge is 2.06. The van der Waals surface area contributed by atoms with Crippen LogP contribution in [0.25, 0.3) is 0 Å². The van der Waals surface area contributed by atoms with Crippen LogP contribution in [0.3, 0.4) is 0 Å². The maximum Gasteiger partial charge on any atom is 0.175 e. The maximum atomic E-state index is 5.92. The summed E-state index contributed by atoms with van der Waals surface area (Å²) in [6, 6.07) is 7.41. The number of thiocarbonyl (C=S) groups is 1. The molecule has 2 rings (SSSR count). The van der Waals surface area contributed by atoms with Crippen LogP contribution in [0.2, 0.25) is 5.02 Å². The SMILES string of the molecule is CCn1ncc(NC(=S)Nc2cccc(Cl)c2)c1C. The van der Waals surface area contributed by atoms with Gasteiger partial charge < -0.3 is 10.6 Å². The second-order valence-electron chi connectivity index (χ2n) is 4.05. The van der Waals surface area contributed by atoms with Gasteiger partial charge >= 0.3 is 0 Å². The third-order valence-electron chi connectivity index (χ3n) is 2.73. The van der Waals surface area contributed by atoms with E-state index in [-0.39, 0.29) is 0 Å². The van der Waals surface area contributed by atoms with Gasteiger partial charge in [-0.3, -0.25) is 4.68 Å². The molecule has 0 spiro atoms. The molecule has 0 saturated carbocycles. The molecule has 1 heterocycles. The van der Waals surface area contributed by atoms with Crippen molar-refractivity contribution in [3.8, 4) is 0 Å². The van der Waals surface area contributed by atoms with Gasteiger partial charge in [-0.25, -0.2) is 0 Å². The fourth-order valence-corrected chi connectivity index (χ4v) is 2.16. The number of aryl methyl sites for hydroxylation is 1. The summed E-state index contributed by atoms with van der Waals surface area (Å²) in [5.74, 6) is 0. The largest absolute Gasteiger partial charge is 0.332 e. The van der Waals surface area contributed by atoms with Crippen molar-refractivity contribution in [1.29, 1.82) is 0 Å². The van der Waals surface area contributed by atoms with E-state index in [0.717, 1.165) is 23.6 Å². The van der Waals surface area contributed by atoms with Crippen molar-refractivity contribution in [2.24, 2.45) is 0 Å². The molecule has 0 saturated heterocycles. The molecule has 0 atom stereocenters. The van der Waals surface area contributed by atoms with E-state index in [4.69, 9.17) is 23.8 Å². The number of anilines is 2. The molecule has 0 radical (unpaired) electrons. The quantitative estimate of drug-likeness (QED) is 0.848. The van der Waals surface area contributed by atoms with Gasteiger partial charge in [-0.2, -0.15) is 5.10 Å². The van der Waals surface area contributed by atoms with E-state index in [1.54, 1.807) is 6.20 Å². The molecule has 0 unspecified atom stereocenters. The Kier molecular flexibility index (Phi) is 4.39. The molecule has 0 bridgehead atoms. The Morgan fingerprint density at radius 1 is 1.42 bits per heavy atom. The van der Waals surface area contributed by atoms with Gasteiger partial charge in [0, 0.05) is 17.3 Å². The number of halogens is 1. The summed E-state index contributed by atoms with van der Waals surface area (Å²) in [4.78, 5) is 0. The molecule has 0 amide bonds. The van der Waals surface area contributed by atoms with Crippen molar-refractivity contribution in [2.75, 3.05) is 10.6 Å². The Balaban J connectivity index is 2.03. The minimum atomic E-state index is 0.515. The minimum absolute atomic E-state index is 0.515. The minimum Gasteiger partial charge on any atom is -0.332 e. The molecule has 0 aliphatic rings. The molecule has 0 aliphatic carbocycles. The van der Waals surface area contributed by atoms with Crippen LogP contribution in [-0.4, -0.2) is 14.9 Å². The highest BCUT2D eigenvalue weighted by Crippen LogP contribution is 2.17. The topological polar surface area (TPSA) is 41.9 Å².